The zero-order valence-corrected chi connectivity index (χ0v) is 10.9. The summed E-state index contributed by atoms with van der Waals surface area (Å²) in [5.41, 5.74) is 1.02. The van der Waals surface area contributed by atoms with Gasteiger partial charge in [-0.3, -0.25) is 4.79 Å². The van der Waals surface area contributed by atoms with Gasteiger partial charge in [-0.05, 0) is 26.1 Å². The molecule has 1 aromatic rings. The van der Waals surface area contributed by atoms with Gasteiger partial charge < -0.3 is 5.32 Å². The number of alkyl halides is 1. The number of aryl methyl sites for hydroxylation is 1. The van der Waals surface area contributed by atoms with Gasteiger partial charge in [-0.2, -0.15) is 0 Å². The number of carbonyl (C=O) groups excluding carboxylic acids is 1. The van der Waals surface area contributed by atoms with E-state index in [-0.39, 0.29) is 12.2 Å². The second-order valence-electron chi connectivity index (χ2n) is 2.94. The van der Waals surface area contributed by atoms with Crippen LogP contribution < -0.4 is 5.32 Å². The number of aldehydes is 1. The molecule has 0 aliphatic carbocycles. The van der Waals surface area contributed by atoms with Crippen LogP contribution in [-0.4, -0.2) is 26.6 Å². The molecule has 0 bridgehead atoms. The maximum atomic E-state index is 12.5. The molecule has 98 valence electrons. The molecule has 0 radical (unpaired) electrons. The quantitative estimate of drug-likeness (QED) is 0.829. The molecule has 1 aromatic carbocycles. The van der Waals surface area contributed by atoms with Crippen molar-refractivity contribution in [3.63, 3.8) is 0 Å². The molecule has 0 saturated heterocycles. The van der Waals surface area contributed by atoms with Crippen LogP contribution in [0.1, 0.15) is 29.8 Å². The van der Waals surface area contributed by atoms with Crippen molar-refractivity contribution in [2.45, 2.75) is 20.8 Å². The first-order valence-corrected chi connectivity index (χ1v) is 5.57. The fourth-order valence-electron chi connectivity index (χ4n) is 0.848. The Bertz CT molecular complexity index is 301. The fraction of sp³-hybridized carbons (Fsp3) is 0.462. The van der Waals surface area contributed by atoms with E-state index >= 15 is 0 Å². The fourth-order valence-corrected chi connectivity index (χ4v) is 0.848. The average Bonchev–Trinajstić information content (AvgIpc) is 2.36. The zero-order chi connectivity index (χ0) is 13.7. The van der Waals surface area contributed by atoms with Gasteiger partial charge in [0.2, 0.25) is 0 Å². The van der Waals surface area contributed by atoms with Gasteiger partial charge in [0.15, 0.2) is 6.29 Å². The maximum Gasteiger partial charge on any atom is 0.153 e. The number of hydrogen-bond donors (Lipinski definition) is 1. The van der Waals surface area contributed by atoms with Crippen molar-refractivity contribution in [1.82, 2.24) is 5.32 Å². The van der Waals surface area contributed by atoms with Crippen LogP contribution in [0.2, 0.25) is 0 Å². The lowest BCUT2D eigenvalue weighted by atomic mass is 10.1. The molecule has 0 spiro atoms. The van der Waals surface area contributed by atoms with Crippen molar-refractivity contribution < 1.29 is 13.6 Å². The lowest BCUT2D eigenvalue weighted by Crippen LogP contribution is -2.08. The molecule has 17 heavy (non-hydrogen) atoms. The lowest BCUT2D eigenvalue weighted by Gasteiger charge is -1.94. The summed E-state index contributed by atoms with van der Waals surface area (Å²) in [6.45, 7) is 6.02. The standard InChI is InChI=1S/C8H7FO.C3H8FN.C2H6/c1-6-2-3-8(9)7(4-6)5-10;1-5-3-2-4;1-2/h2-5H,1H3;5H,2-3H2,1H3;1-2H3. The molecule has 0 aromatic heterocycles. The Morgan fingerprint density at radius 2 is 1.94 bits per heavy atom. The van der Waals surface area contributed by atoms with Crippen molar-refractivity contribution in [2.24, 2.45) is 0 Å². The Kier molecular flexibility index (Phi) is 13.6. The number of nitrogens with one attached hydrogen (secondary N) is 1. The molecule has 2 nitrogen and oxygen atoms in total. The van der Waals surface area contributed by atoms with Gasteiger partial charge in [0, 0.05) is 6.54 Å². The maximum absolute atomic E-state index is 12.5. The first-order chi connectivity index (χ1) is 8.15. The van der Waals surface area contributed by atoms with E-state index in [0.717, 1.165) is 5.56 Å². The number of halogens is 2. The average molecular weight is 245 g/mol. The minimum Gasteiger partial charge on any atom is -0.317 e. The third kappa shape index (κ3) is 9.63. The number of benzene rings is 1. The van der Waals surface area contributed by atoms with Crippen LogP contribution in [0.5, 0.6) is 0 Å². The third-order valence-electron chi connectivity index (χ3n) is 1.62. The lowest BCUT2D eigenvalue weighted by molar-refractivity contribution is 0.111. The van der Waals surface area contributed by atoms with Gasteiger partial charge in [0.05, 0.1) is 5.56 Å². The number of hydrogen-bond acceptors (Lipinski definition) is 2. The summed E-state index contributed by atoms with van der Waals surface area (Å²) < 4.78 is 23.5. The SMILES string of the molecule is CC.CNCCF.Cc1ccc(F)c(C=O)c1. The first kappa shape index (κ1) is 18.1. The number of rotatable bonds is 3. The third-order valence-corrected chi connectivity index (χ3v) is 1.62. The topological polar surface area (TPSA) is 29.1 Å². The Labute approximate surface area is 102 Å². The van der Waals surface area contributed by atoms with E-state index in [1.165, 1.54) is 12.1 Å². The smallest absolute Gasteiger partial charge is 0.153 e. The normalized spacial score (nSPS) is 8.35. The molecule has 0 fully saturated rings. The van der Waals surface area contributed by atoms with Crippen LogP contribution in [0.4, 0.5) is 8.78 Å². The van der Waals surface area contributed by atoms with Crippen LogP contribution >= 0.6 is 0 Å². The Balaban J connectivity index is 0. The summed E-state index contributed by atoms with van der Waals surface area (Å²) in [5.74, 6) is -0.458. The van der Waals surface area contributed by atoms with Crippen molar-refractivity contribution in [3.05, 3.63) is 35.1 Å². The highest BCUT2D eigenvalue weighted by molar-refractivity contribution is 5.75. The van der Waals surface area contributed by atoms with E-state index in [4.69, 9.17) is 0 Å². The van der Waals surface area contributed by atoms with E-state index in [1.807, 2.05) is 20.8 Å². The molecule has 0 unspecified atom stereocenters. The molecule has 4 heteroatoms. The molecule has 1 N–H and O–H groups in total. The molecule has 0 saturated carbocycles. The molecule has 0 aliphatic rings. The van der Waals surface area contributed by atoms with E-state index in [2.05, 4.69) is 5.32 Å². The Hall–Kier alpha value is -1.29. The van der Waals surface area contributed by atoms with E-state index in [1.54, 1.807) is 13.1 Å². The van der Waals surface area contributed by atoms with Gasteiger partial charge in [0.1, 0.15) is 12.5 Å². The van der Waals surface area contributed by atoms with Crippen LogP contribution in [-0.2, 0) is 0 Å². The van der Waals surface area contributed by atoms with Crippen molar-refractivity contribution in [3.8, 4) is 0 Å². The highest BCUT2D eigenvalue weighted by atomic mass is 19.1. The molecule has 0 heterocycles. The van der Waals surface area contributed by atoms with E-state index in [0.29, 0.717) is 12.8 Å². The van der Waals surface area contributed by atoms with Gasteiger partial charge in [-0.25, -0.2) is 8.78 Å². The van der Waals surface area contributed by atoms with Gasteiger partial charge in [-0.15, -0.1) is 0 Å². The van der Waals surface area contributed by atoms with Crippen molar-refractivity contribution >= 4 is 6.29 Å². The highest BCUT2D eigenvalue weighted by Gasteiger charge is 1.98. The highest BCUT2D eigenvalue weighted by Crippen LogP contribution is 2.06. The van der Waals surface area contributed by atoms with Crippen LogP contribution in [0.3, 0.4) is 0 Å². The predicted molar refractivity (Wildman–Crippen MR) is 67.8 cm³/mol. The Morgan fingerprint density at radius 1 is 1.35 bits per heavy atom. The molecular formula is C13H21F2NO. The summed E-state index contributed by atoms with van der Waals surface area (Å²) in [7, 11) is 1.72. The monoisotopic (exact) mass is 245 g/mol. The molecule has 0 atom stereocenters. The van der Waals surface area contributed by atoms with E-state index < -0.39 is 5.82 Å². The minimum atomic E-state index is -0.458. The zero-order valence-electron chi connectivity index (χ0n) is 10.9. The molecule has 0 amide bonds. The summed E-state index contributed by atoms with van der Waals surface area (Å²) >= 11 is 0. The van der Waals surface area contributed by atoms with Gasteiger partial charge in [-0.1, -0.05) is 25.5 Å². The minimum absolute atomic E-state index is 0.125. The molecular weight excluding hydrogens is 224 g/mol. The summed E-state index contributed by atoms with van der Waals surface area (Å²) in [6.07, 6.45) is 0.516. The molecule has 0 aliphatic heterocycles. The van der Waals surface area contributed by atoms with E-state index in [9.17, 15) is 13.6 Å². The molecule has 1 rings (SSSR count). The second-order valence-corrected chi connectivity index (χ2v) is 2.94. The second kappa shape index (κ2) is 12.8. The van der Waals surface area contributed by atoms with Crippen molar-refractivity contribution in [2.75, 3.05) is 20.3 Å². The predicted octanol–water partition coefficient (Wildman–Crippen LogP) is 3.15. The number of carbonyl (C=O) groups is 1. The van der Waals surface area contributed by atoms with Crippen LogP contribution in [0.15, 0.2) is 18.2 Å². The van der Waals surface area contributed by atoms with Crippen LogP contribution in [0, 0.1) is 12.7 Å². The van der Waals surface area contributed by atoms with Gasteiger partial charge >= 0.3 is 0 Å². The summed E-state index contributed by atoms with van der Waals surface area (Å²) in [5, 5.41) is 2.64. The van der Waals surface area contributed by atoms with Crippen LogP contribution in [0.25, 0.3) is 0 Å². The summed E-state index contributed by atoms with van der Waals surface area (Å²) in [6, 6.07) is 4.43. The summed E-state index contributed by atoms with van der Waals surface area (Å²) in [4.78, 5) is 10.1. The largest absolute Gasteiger partial charge is 0.317 e. The first-order valence-electron chi connectivity index (χ1n) is 5.57. The Morgan fingerprint density at radius 3 is 2.24 bits per heavy atom. The van der Waals surface area contributed by atoms with Gasteiger partial charge in [0.25, 0.3) is 0 Å². The van der Waals surface area contributed by atoms with Crippen molar-refractivity contribution in [1.29, 1.82) is 0 Å².